The van der Waals surface area contributed by atoms with Gasteiger partial charge in [0.1, 0.15) is 5.15 Å². The number of hydrogen-bond donors (Lipinski definition) is 0. The van der Waals surface area contributed by atoms with E-state index in [4.69, 9.17) is 11.6 Å². The first-order chi connectivity index (χ1) is 9.95. The van der Waals surface area contributed by atoms with E-state index in [-0.39, 0.29) is 0 Å². The molecular formula is C16H16ClN3S. The molecule has 0 aliphatic rings. The minimum atomic E-state index is 0.502. The topological polar surface area (TPSA) is 29.0 Å². The average Bonchev–Trinajstić information content (AvgIpc) is 2.78. The van der Waals surface area contributed by atoms with Gasteiger partial charge in [-0.2, -0.15) is 0 Å². The summed E-state index contributed by atoms with van der Waals surface area (Å²) in [5.41, 5.74) is 3.22. The fourth-order valence-electron chi connectivity index (χ4n) is 2.15. The Balaban J connectivity index is 2.17. The molecule has 2 aromatic heterocycles. The Bertz CT molecular complexity index is 804. The molecule has 0 fully saturated rings. The third kappa shape index (κ3) is 2.61. The van der Waals surface area contributed by atoms with Gasteiger partial charge in [0.2, 0.25) is 0 Å². The summed E-state index contributed by atoms with van der Waals surface area (Å²) in [6.45, 7) is 4.21. The lowest BCUT2D eigenvalue weighted by atomic mass is 10.2. The first-order valence-electron chi connectivity index (χ1n) is 6.68. The van der Waals surface area contributed by atoms with Gasteiger partial charge in [-0.05, 0) is 43.7 Å². The fraction of sp³-hybridized carbons (Fsp3) is 0.250. The normalized spacial score (nSPS) is 11.1. The molecule has 3 nitrogen and oxygen atoms in total. The third-order valence-corrected chi connectivity index (χ3v) is 4.97. The van der Waals surface area contributed by atoms with E-state index >= 15 is 0 Å². The lowest BCUT2D eigenvalue weighted by molar-refractivity contribution is 1.13. The maximum Gasteiger partial charge on any atom is 0.171 e. The number of halogens is 1. The van der Waals surface area contributed by atoms with Crippen molar-refractivity contribution < 1.29 is 0 Å². The summed E-state index contributed by atoms with van der Waals surface area (Å²) in [5.74, 6) is 0.700. The standard InChI is InChI=1S/C16H16ClN3S/c1-9-7-14(21-10(9)2)16-18-13-6-5-11(20(3)4)8-12(13)15(17)19-16/h5-8H,1-4H3. The van der Waals surface area contributed by atoms with Gasteiger partial charge >= 0.3 is 0 Å². The van der Waals surface area contributed by atoms with Crippen LogP contribution in [0.2, 0.25) is 5.15 Å². The summed E-state index contributed by atoms with van der Waals surface area (Å²) >= 11 is 8.07. The monoisotopic (exact) mass is 317 g/mol. The highest BCUT2D eigenvalue weighted by atomic mass is 35.5. The van der Waals surface area contributed by atoms with Crippen LogP contribution in [0.15, 0.2) is 24.3 Å². The van der Waals surface area contributed by atoms with Crippen molar-refractivity contribution in [1.82, 2.24) is 9.97 Å². The van der Waals surface area contributed by atoms with Crippen LogP contribution in [0.4, 0.5) is 5.69 Å². The van der Waals surface area contributed by atoms with E-state index in [2.05, 4.69) is 29.9 Å². The molecule has 3 rings (SSSR count). The van der Waals surface area contributed by atoms with Gasteiger partial charge in [-0.3, -0.25) is 0 Å². The van der Waals surface area contributed by atoms with Crippen LogP contribution < -0.4 is 4.90 Å². The highest BCUT2D eigenvalue weighted by Crippen LogP contribution is 2.32. The molecule has 0 aliphatic carbocycles. The van der Waals surface area contributed by atoms with Crippen molar-refractivity contribution in [2.75, 3.05) is 19.0 Å². The van der Waals surface area contributed by atoms with Gasteiger partial charge in [-0.1, -0.05) is 11.6 Å². The minimum Gasteiger partial charge on any atom is -0.378 e. The largest absolute Gasteiger partial charge is 0.378 e. The molecule has 2 heterocycles. The van der Waals surface area contributed by atoms with E-state index in [1.165, 1.54) is 10.4 Å². The lowest BCUT2D eigenvalue weighted by Crippen LogP contribution is -2.08. The predicted molar refractivity (Wildman–Crippen MR) is 91.7 cm³/mol. The quantitative estimate of drug-likeness (QED) is 0.642. The molecule has 0 saturated carbocycles. The number of aromatic nitrogens is 2. The van der Waals surface area contributed by atoms with Crippen molar-refractivity contribution in [3.8, 4) is 10.7 Å². The molecule has 0 spiro atoms. The van der Waals surface area contributed by atoms with Gasteiger partial charge in [0.15, 0.2) is 5.82 Å². The zero-order valence-corrected chi connectivity index (χ0v) is 14.0. The third-order valence-electron chi connectivity index (χ3n) is 3.54. The average molecular weight is 318 g/mol. The Morgan fingerprint density at radius 2 is 1.86 bits per heavy atom. The molecule has 21 heavy (non-hydrogen) atoms. The highest BCUT2D eigenvalue weighted by molar-refractivity contribution is 7.15. The fourth-order valence-corrected chi connectivity index (χ4v) is 3.35. The molecule has 0 bridgehead atoms. The van der Waals surface area contributed by atoms with Gasteiger partial charge in [-0.15, -0.1) is 11.3 Å². The number of nitrogens with zero attached hydrogens (tertiary/aromatic N) is 3. The molecule has 108 valence electrons. The summed E-state index contributed by atoms with van der Waals surface area (Å²) in [7, 11) is 4.00. The molecule has 0 atom stereocenters. The molecule has 1 aromatic carbocycles. The van der Waals surface area contributed by atoms with Crippen LogP contribution in [-0.2, 0) is 0 Å². The zero-order valence-electron chi connectivity index (χ0n) is 12.4. The summed E-state index contributed by atoms with van der Waals surface area (Å²) < 4.78 is 0. The SMILES string of the molecule is Cc1cc(-c2nc(Cl)c3cc(N(C)C)ccc3n2)sc1C. The van der Waals surface area contributed by atoms with Crippen LogP contribution >= 0.6 is 22.9 Å². The van der Waals surface area contributed by atoms with Crippen molar-refractivity contribution in [3.05, 3.63) is 39.9 Å². The van der Waals surface area contributed by atoms with E-state index in [1.54, 1.807) is 11.3 Å². The Morgan fingerprint density at radius 3 is 2.48 bits per heavy atom. The number of hydrogen-bond acceptors (Lipinski definition) is 4. The molecule has 0 amide bonds. The second kappa shape index (κ2) is 5.28. The molecule has 3 aromatic rings. The Hall–Kier alpha value is -1.65. The highest BCUT2D eigenvalue weighted by Gasteiger charge is 2.12. The van der Waals surface area contributed by atoms with E-state index in [1.807, 2.05) is 37.2 Å². The Morgan fingerprint density at radius 1 is 1.10 bits per heavy atom. The lowest BCUT2D eigenvalue weighted by Gasteiger charge is -2.13. The van der Waals surface area contributed by atoms with E-state index in [9.17, 15) is 0 Å². The van der Waals surface area contributed by atoms with Crippen LogP contribution in [0, 0.1) is 13.8 Å². The first-order valence-corrected chi connectivity index (χ1v) is 7.87. The van der Waals surface area contributed by atoms with Gasteiger partial charge in [0.05, 0.1) is 10.4 Å². The molecule has 0 radical (unpaired) electrons. The molecular weight excluding hydrogens is 302 g/mol. The molecule has 0 saturated heterocycles. The number of rotatable bonds is 2. The van der Waals surface area contributed by atoms with Gasteiger partial charge < -0.3 is 4.90 Å². The summed E-state index contributed by atoms with van der Waals surface area (Å²) in [5, 5.41) is 1.39. The van der Waals surface area contributed by atoms with Crippen LogP contribution in [0.25, 0.3) is 21.6 Å². The number of thiophene rings is 1. The second-order valence-corrected chi connectivity index (χ2v) is 6.90. The predicted octanol–water partition coefficient (Wildman–Crippen LogP) is 4.69. The van der Waals surface area contributed by atoms with Crippen molar-refractivity contribution in [1.29, 1.82) is 0 Å². The van der Waals surface area contributed by atoms with E-state index in [0.29, 0.717) is 11.0 Å². The van der Waals surface area contributed by atoms with Gasteiger partial charge in [-0.25, -0.2) is 9.97 Å². The molecule has 0 aliphatic heterocycles. The van der Waals surface area contributed by atoms with Crippen LogP contribution in [0.1, 0.15) is 10.4 Å². The van der Waals surface area contributed by atoms with Crippen molar-refractivity contribution >= 4 is 39.5 Å². The van der Waals surface area contributed by atoms with Crippen molar-refractivity contribution in [2.45, 2.75) is 13.8 Å². The summed E-state index contributed by atoms with van der Waals surface area (Å²) in [4.78, 5) is 13.5. The smallest absolute Gasteiger partial charge is 0.171 e. The van der Waals surface area contributed by atoms with Gasteiger partial charge in [0.25, 0.3) is 0 Å². The van der Waals surface area contributed by atoms with E-state index < -0.39 is 0 Å². The van der Waals surface area contributed by atoms with Crippen LogP contribution in [0.3, 0.4) is 0 Å². The number of anilines is 1. The van der Waals surface area contributed by atoms with Gasteiger partial charge in [0, 0.05) is 30.0 Å². The molecule has 0 N–H and O–H groups in total. The Kier molecular flexibility index (Phi) is 3.59. The zero-order chi connectivity index (χ0) is 15.1. The maximum absolute atomic E-state index is 6.37. The number of fused-ring (bicyclic) bond motifs is 1. The van der Waals surface area contributed by atoms with Crippen LogP contribution in [0.5, 0.6) is 0 Å². The second-order valence-electron chi connectivity index (χ2n) is 5.28. The number of aryl methyl sites for hydroxylation is 2. The van der Waals surface area contributed by atoms with Crippen LogP contribution in [-0.4, -0.2) is 24.1 Å². The van der Waals surface area contributed by atoms with E-state index in [0.717, 1.165) is 21.5 Å². The summed E-state index contributed by atoms with van der Waals surface area (Å²) in [6.07, 6.45) is 0. The minimum absolute atomic E-state index is 0.502. The first kappa shape index (κ1) is 14.3. The Labute approximate surface area is 133 Å². The molecule has 5 heteroatoms. The number of benzene rings is 1. The maximum atomic E-state index is 6.37. The van der Waals surface area contributed by atoms with Crippen molar-refractivity contribution in [2.24, 2.45) is 0 Å². The summed E-state index contributed by atoms with van der Waals surface area (Å²) in [6, 6.07) is 8.17. The van der Waals surface area contributed by atoms with Crippen molar-refractivity contribution in [3.63, 3.8) is 0 Å². The molecule has 0 unspecified atom stereocenters.